The van der Waals surface area contributed by atoms with Crippen LogP contribution in [0, 0.1) is 11.6 Å². The number of rotatable bonds is 12. The fourth-order valence-electron chi connectivity index (χ4n) is 7.33. The molecule has 0 N–H and O–H groups in total. The molecule has 4 aromatic carbocycles. The Morgan fingerprint density at radius 3 is 1.23 bits per heavy atom. The van der Waals surface area contributed by atoms with E-state index in [1.165, 1.54) is 78.6 Å². The van der Waals surface area contributed by atoms with E-state index in [9.17, 15) is 45.4 Å². The maximum absolute atomic E-state index is 13.8. The second-order valence-electron chi connectivity index (χ2n) is 14.4. The van der Waals surface area contributed by atoms with Crippen LogP contribution in [0.25, 0.3) is 21.8 Å². The second kappa shape index (κ2) is 18.7. The summed E-state index contributed by atoms with van der Waals surface area (Å²) < 4.78 is 83.9. The van der Waals surface area contributed by atoms with E-state index >= 15 is 0 Å². The summed E-state index contributed by atoms with van der Waals surface area (Å²) in [6, 6.07) is 20.7. The summed E-state index contributed by atoms with van der Waals surface area (Å²) >= 11 is 0. The minimum atomic E-state index is -3.52. The van der Waals surface area contributed by atoms with Gasteiger partial charge in [-0.1, -0.05) is 0 Å². The summed E-state index contributed by atoms with van der Waals surface area (Å²) in [4.78, 5) is 25.8. The number of aliphatic carboxylic acids is 2. The number of aromatic nitrogens is 4. The zero-order chi connectivity index (χ0) is 42.9. The number of benzene rings is 4. The van der Waals surface area contributed by atoms with Gasteiger partial charge in [-0.15, -0.1) is 0 Å². The zero-order valence-corrected chi connectivity index (χ0v) is 37.1. The van der Waals surface area contributed by atoms with E-state index < -0.39 is 56.7 Å². The number of carbonyl (C=O) groups excluding carboxylic acids is 2. The van der Waals surface area contributed by atoms with Crippen molar-refractivity contribution in [3.8, 4) is 0 Å². The quantitative estimate of drug-likeness (QED) is 0.163. The standard InChI is InChI=1S/2C20H21FN4O4S.Ca/c2*1-23(15-5-7-16(8-6-15)30(28,29)24-10-2-3-11-24)20-17-12-14(21)4-9-18(17)25(22-20)13-19(26)27;/h2*4-9,12H,2-3,10-11,13H2,1H3,(H,26,27);/q;;+2/p-2. The summed E-state index contributed by atoms with van der Waals surface area (Å²) in [5, 5.41) is 31.6. The fraction of sp³-hybridized carbons (Fsp3) is 0.300. The van der Waals surface area contributed by atoms with Crippen molar-refractivity contribution in [2.45, 2.75) is 48.6 Å². The van der Waals surface area contributed by atoms with Crippen molar-refractivity contribution >= 4 is 115 Å². The smallest absolute Gasteiger partial charge is 0.548 e. The number of sulfonamides is 2. The minimum absolute atomic E-state index is 0. The molecular formula is C40H40CaF2N8O8S2. The Balaban J connectivity index is 0.000000201. The molecular weight excluding hydrogens is 863 g/mol. The van der Waals surface area contributed by atoms with E-state index in [-0.39, 0.29) is 47.5 Å². The minimum Gasteiger partial charge on any atom is -0.548 e. The van der Waals surface area contributed by atoms with Gasteiger partial charge in [-0.25, -0.2) is 25.6 Å². The fourth-order valence-corrected chi connectivity index (χ4v) is 10.4. The van der Waals surface area contributed by atoms with Crippen LogP contribution in [0.1, 0.15) is 25.7 Å². The molecule has 0 aliphatic carbocycles. The van der Waals surface area contributed by atoms with Crippen molar-refractivity contribution in [1.29, 1.82) is 0 Å². The van der Waals surface area contributed by atoms with Crippen LogP contribution < -0.4 is 20.0 Å². The molecule has 61 heavy (non-hydrogen) atoms. The maximum atomic E-state index is 13.8. The van der Waals surface area contributed by atoms with Gasteiger partial charge in [0.1, 0.15) is 11.6 Å². The van der Waals surface area contributed by atoms with Gasteiger partial charge in [0.2, 0.25) is 20.0 Å². The molecule has 2 saturated heterocycles. The summed E-state index contributed by atoms with van der Waals surface area (Å²) in [6.45, 7) is 1.16. The molecule has 0 spiro atoms. The molecule has 2 aromatic heterocycles. The van der Waals surface area contributed by atoms with Crippen molar-refractivity contribution in [3.63, 3.8) is 0 Å². The van der Waals surface area contributed by atoms with Crippen LogP contribution in [0.4, 0.5) is 31.8 Å². The predicted octanol–water partition coefficient (Wildman–Crippen LogP) is 2.57. The molecule has 2 aliphatic rings. The summed E-state index contributed by atoms with van der Waals surface area (Å²) in [6.07, 6.45) is 3.44. The van der Waals surface area contributed by atoms with Crippen molar-refractivity contribution in [2.24, 2.45) is 0 Å². The van der Waals surface area contributed by atoms with Crippen molar-refractivity contribution < 1.29 is 45.4 Å². The molecule has 16 nitrogen and oxygen atoms in total. The molecule has 0 atom stereocenters. The van der Waals surface area contributed by atoms with E-state index in [1.807, 2.05) is 0 Å². The zero-order valence-electron chi connectivity index (χ0n) is 33.3. The van der Waals surface area contributed by atoms with Gasteiger partial charge >= 0.3 is 37.7 Å². The number of anilines is 4. The molecule has 2 aliphatic heterocycles. The van der Waals surface area contributed by atoms with E-state index in [0.29, 0.717) is 71.0 Å². The Morgan fingerprint density at radius 2 is 0.918 bits per heavy atom. The number of nitrogens with zero attached hydrogens (tertiary/aromatic N) is 8. The molecule has 21 heteroatoms. The van der Waals surface area contributed by atoms with Gasteiger partial charge in [0.05, 0.1) is 45.9 Å². The van der Waals surface area contributed by atoms with Crippen molar-refractivity contribution in [1.82, 2.24) is 28.2 Å². The number of hydrogen-bond donors (Lipinski definition) is 0. The van der Waals surface area contributed by atoms with Gasteiger partial charge < -0.3 is 29.6 Å². The van der Waals surface area contributed by atoms with E-state index in [1.54, 1.807) is 48.2 Å². The van der Waals surface area contributed by atoms with Gasteiger partial charge in [0.15, 0.2) is 11.6 Å². The molecule has 316 valence electrons. The van der Waals surface area contributed by atoms with Crippen LogP contribution in [0.3, 0.4) is 0 Å². The number of carbonyl (C=O) groups is 2. The van der Waals surface area contributed by atoms with Gasteiger partial charge in [0.25, 0.3) is 0 Å². The summed E-state index contributed by atoms with van der Waals surface area (Å²) in [5.41, 5.74) is 2.16. The topological polar surface area (TPSA) is 197 Å². The Kier molecular flexibility index (Phi) is 14.1. The molecule has 0 amide bonds. The molecule has 2 fully saturated rings. The van der Waals surface area contributed by atoms with Crippen LogP contribution in [-0.4, -0.2) is 135 Å². The van der Waals surface area contributed by atoms with Crippen molar-refractivity contribution in [2.75, 3.05) is 50.1 Å². The predicted molar refractivity (Wildman–Crippen MR) is 220 cm³/mol. The third kappa shape index (κ3) is 9.69. The Hall–Kier alpha value is -4.70. The first-order chi connectivity index (χ1) is 28.5. The molecule has 8 rings (SSSR count). The van der Waals surface area contributed by atoms with Crippen LogP contribution in [0.5, 0.6) is 0 Å². The van der Waals surface area contributed by atoms with Gasteiger partial charge in [-0.2, -0.15) is 18.8 Å². The van der Waals surface area contributed by atoms with Gasteiger partial charge in [0, 0.05) is 62.4 Å². The molecule has 6 aromatic rings. The van der Waals surface area contributed by atoms with Gasteiger partial charge in [-0.3, -0.25) is 9.36 Å². The first-order valence-electron chi connectivity index (χ1n) is 18.9. The Bertz CT molecular complexity index is 2600. The van der Waals surface area contributed by atoms with Crippen LogP contribution in [0.15, 0.2) is 94.7 Å². The van der Waals surface area contributed by atoms with E-state index in [4.69, 9.17) is 0 Å². The number of carboxylic acids is 2. The maximum Gasteiger partial charge on any atom is 2.00 e. The average molecular weight is 903 g/mol. The number of carboxylic acid groups (broad SMARTS) is 2. The third-order valence-electron chi connectivity index (χ3n) is 10.4. The number of hydrogen-bond acceptors (Lipinski definition) is 12. The van der Waals surface area contributed by atoms with Crippen LogP contribution in [0.2, 0.25) is 0 Å². The molecule has 4 heterocycles. The van der Waals surface area contributed by atoms with Gasteiger partial charge in [-0.05, 0) is 111 Å². The average Bonchev–Trinajstić information content (AvgIpc) is 4.06. The van der Waals surface area contributed by atoms with Crippen molar-refractivity contribution in [3.05, 3.63) is 96.6 Å². The largest absolute Gasteiger partial charge is 2.00 e. The Labute approximate surface area is 380 Å². The Morgan fingerprint density at radius 1 is 0.590 bits per heavy atom. The molecule has 0 unspecified atom stereocenters. The normalized spacial score (nSPS) is 14.8. The first-order valence-corrected chi connectivity index (χ1v) is 21.8. The first kappa shape index (κ1) is 45.8. The summed E-state index contributed by atoms with van der Waals surface area (Å²) in [5.74, 6) is -2.87. The molecule has 0 saturated carbocycles. The summed E-state index contributed by atoms with van der Waals surface area (Å²) in [7, 11) is -3.66. The SMILES string of the molecule is CN(c1ccc(S(=O)(=O)N2CCCC2)cc1)c1nn(CC(=O)[O-])c2ccc(F)cc12.CN(c1ccc(S(=O)(=O)N2CCCC2)cc1)c1nn(CC(=O)[O-])c2ccc(F)cc12.[Ca+2]. The van der Waals surface area contributed by atoms with Crippen LogP contribution in [-0.2, 0) is 42.7 Å². The number of halogens is 2. The molecule has 0 radical (unpaired) electrons. The van der Waals surface area contributed by atoms with E-state index in [2.05, 4.69) is 10.2 Å². The number of fused-ring (bicyclic) bond motifs is 2. The molecule has 0 bridgehead atoms. The second-order valence-corrected chi connectivity index (χ2v) is 18.2. The third-order valence-corrected chi connectivity index (χ3v) is 14.3. The van der Waals surface area contributed by atoms with Crippen LogP contribution >= 0.6 is 0 Å². The monoisotopic (exact) mass is 902 g/mol. The van der Waals surface area contributed by atoms with E-state index in [0.717, 1.165) is 25.7 Å².